The minimum Gasteiger partial charge on any atom is -0.480 e. The Hall–Kier alpha value is -1.56. The molecule has 98 valence electrons. The predicted molar refractivity (Wildman–Crippen MR) is 63.7 cm³/mol. The highest BCUT2D eigenvalue weighted by atomic mass is 16.4. The summed E-state index contributed by atoms with van der Waals surface area (Å²) in [7, 11) is 0. The Labute approximate surface area is 101 Å². The molecule has 0 aliphatic heterocycles. The first-order valence-corrected chi connectivity index (χ1v) is 5.43. The summed E-state index contributed by atoms with van der Waals surface area (Å²) < 4.78 is 0. The maximum Gasteiger partial charge on any atom is 0.323 e. The molecule has 0 aromatic carbocycles. The van der Waals surface area contributed by atoms with Crippen LogP contribution in [0.5, 0.6) is 0 Å². The number of amides is 2. The quantitative estimate of drug-likeness (QED) is 0.634. The van der Waals surface area contributed by atoms with Crippen molar-refractivity contribution in [2.45, 2.75) is 19.9 Å². The number of carbonyl (C=O) groups is 2. The van der Waals surface area contributed by atoms with Crippen LogP contribution in [0, 0.1) is 0 Å². The molecule has 17 heavy (non-hydrogen) atoms. The molecule has 0 aliphatic carbocycles. The van der Waals surface area contributed by atoms with E-state index in [1.165, 1.54) is 15.9 Å². The third-order valence-corrected chi connectivity index (χ3v) is 2.16. The summed E-state index contributed by atoms with van der Waals surface area (Å²) in [6.07, 6.45) is 1.47. The van der Waals surface area contributed by atoms with E-state index in [0.717, 1.165) is 0 Å². The van der Waals surface area contributed by atoms with E-state index in [1.807, 2.05) is 0 Å². The monoisotopic (exact) mass is 244 g/mol. The van der Waals surface area contributed by atoms with E-state index in [9.17, 15) is 9.59 Å². The van der Waals surface area contributed by atoms with Crippen molar-refractivity contribution in [3.63, 3.8) is 0 Å². The number of nitrogens with zero attached hydrogens (tertiary/aromatic N) is 2. The minimum absolute atomic E-state index is 0.101. The average molecular weight is 244 g/mol. The van der Waals surface area contributed by atoms with Gasteiger partial charge >= 0.3 is 12.0 Å². The van der Waals surface area contributed by atoms with Crippen molar-refractivity contribution < 1.29 is 19.8 Å². The molecule has 0 aromatic rings. The summed E-state index contributed by atoms with van der Waals surface area (Å²) >= 11 is 0. The van der Waals surface area contributed by atoms with Gasteiger partial charge in [0.2, 0.25) is 0 Å². The van der Waals surface area contributed by atoms with Crippen molar-refractivity contribution in [1.29, 1.82) is 0 Å². The molecule has 0 rings (SSSR count). The Bertz CT molecular complexity index is 279. The highest BCUT2D eigenvalue weighted by Crippen LogP contribution is 2.04. The van der Waals surface area contributed by atoms with E-state index in [1.54, 1.807) is 13.8 Å². The lowest BCUT2D eigenvalue weighted by Crippen LogP contribution is -2.49. The topological polar surface area (TPSA) is 81.1 Å². The van der Waals surface area contributed by atoms with Gasteiger partial charge in [-0.2, -0.15) is 0 Å². The zero-order valence-electron chi connectivity index (χ0n) is 10.3. The number of hydrogen-bond donors (Lipinski definition) is 2. The van der Waals surface area contributed by atoms with Crippen molar-refractivity contribution in [2.24, 2.45) is 0 Å². The lowest BCUT2D eigenvalue weighted by atomic mass is 10.3. The van der Waals surface area contributed by atoms with Gasteiger partial charge in [0.15, 0.2) is 0 Å². The number of hydrogen-bond acceptors (Lipinski definition) is 3. The van der Waals surface area contributed by atoms with E-state index in [0.29, 0.717) is 0 Å². The van der Waals surface area contributed by atoms with Crippen molar-refractivity contribution in [3.8, 4) is 0 Å². The van der Waals surface area contributed by atoms with E-state index < -0.39 is 12.0 Å². The molecule has 0 radical (unpaired) electrons. The molecule has 6 heteroatoms. The predicted octanol–water partition coefficient (Wildman–Crippen LogP) is 0.382. The zero-order chi connectivity index (χ0) is 13.4. The fourth-order valence-electron chi connectivity index (χ4n) is 1.39. The van der Waals surface area contributed by atoms with Crippen LogP contribution in [0.25, 0.3) is 0 Å². The molecule has 0 aromatic heterocycles. The van der Waals surface area contributed by atoms with Gasteiger partial charge in [-0.3, -0.25) is 4.79 Å². The lowest BCUT2D eigenvalue weighted by Gasteiger charge is -2.31. The van der Waals surface area contributed by atoms with Crippen LogP contribution in [0.4, 0.5) is 4.79 Å². The van der Waals surface area contributed by atoms with Gasteiger partial charge in [-0.05, 0) is 13.8 Å². The Morgan fingerprint density at radius 2 is 2.00 bits per heavy atom. The molecule has 0 fully saturated rings. The Balaban J connectivity index is 4.75. The molecule has 6 nitrogen and oxygen atoms in total. The standard InChI is InChI=1S/C11H20N2O4/c1-4-5-12(8-10(15)16)11(17)13(6-7-14)9(2)3/h4,9,14H,1,5-8H2,2-3H3,(H,15,16). The number of carboxylic acid groups (broad SMARTS) is 1. The van der Waals surface area contributed by atoms with Crippen LogP contribution in [0.2, 0.25) is 0 Å². The Morgan fingerprint density at radius 1 is 1.41 bits per heavy atom. The summed E-state index contributed by atoms with van der Waals surface area (Å²) in [5, 5.41) is 17.6. The molecule has 2 N–H and O–H groups in total. The molecule has 0 atom stereocenters. The van der Waals surface area contributed by atoms with E-state index in [-0.39, 0.29) is 32.3 Å². The van der Waals surface area contributed by atoms with Gasteiger partial charge < -0.3 is 20.0 Å². The molecule has 2 amide bonds. The van der Waals surface area contributed by atoms with Gasteiger partial charge in [0.05, 0.1) is 6.61 Å². The van der Waals surface area contributed by atoms with Gasteiger partial charge in [0.1, 0.15) is 6.54 Å². The fraction of sp³-hybridized carbons (Fsp3) is 0.636. The van der Waals surface area contributed by atoms with Crippen LogP contribution in [-0.2, 0) is 4.79 Å². The Morgan fingerprint density at radius 3 is 2.35 bits per heavy atom. The summed E-state index contributed by atoms with van der Waals surface area (Å²) in [5.74, 6) is -1.08. The van der Waals surface area contributed by atoms with E-state index >= 15 is 0 Å². The molecular formula is C11H20N2O4. The second-order valence-corrected chi connectivity index (χ2v) is 3.86. The number of urea groups is 1. The van der Waals surface area contributed by atoms with Crippen molar-refractivity contribution >= 4 is 12.0 Å². The average Bonchev–Trinajstić information content (AvgIpc) is 2.23. The summed E-state index contributed by atoms with van der Waals surface area (Å²) in [4.78, 5) is 25.3. The number of aliphatic carboxylic acids is 1. The Kier molecular flexibility index (Phi) is 6.97. The largest absolute Gasteiger partial charge is 0.480 e. The normalized spacial score (nSPS) is 10.1. The lowest BCUT2D eigenvalue weighted by molar-refractivity contribution is -0.137. The van der Waals surface area contributed by atoms with Gasteiger partial charge in [-0.25, -0.2) is 4.79 Å². The third kappa shape index (κ3) is 5.35. The molecular weight excluding hydrogens is 224 g/mol. The first-order chi connectivity index (χ1) is 7.93. The smallest absolute Gasteiger partial charge is 0.323 e. The summed E-state index contributed by atoms with van der Waals surface area (Å²) in [6.45, 7) is 6.92. The number of aliphatic hydroxyl groups is 1. The van der Waals surface area contributed by atoms with Gasteiger partial charge in [-0.1, -0.05) is 6.08 Å². The highest BCUT2D eigenvalue weighted by molar-refractivity contribution is 5.80. The molecule has 0 saturated carbocycles. The summed E-state index contributed by atoms with van der Waals surface area (Å²) in [5.41, 5.74) is 0. The maximum absolute atomic E-state index is 12.0. The van der Waals surface area contributed by atoms with Crippen LogP contribution in [0.15, 0.2) is 12.7 Å². The third-order valence-electron chi connectivity index (χ3n) is 2.16. The molecule has 0 unspecified atom stereocenters. The van der Waals surface area contributed by atoms with Crippen LogP contribution in [0.3, 0.4) is 0 Å². The minimum atomic E-state index is -1.08. The van der Waals surface area contributed by atoms with Crippen LogP contribution >= 0.6 is 0 Å². The second kappa shape index (κ2) is 7.67. The first-order valence-electron chi connectivity index (χ1n) is 5.43. The van der Waals surface area contributed by atoms with Crippen LogP contribution in [0.1, 0.15) is 13.8 Å². The van der Waals surface area contributed by atoms with Crippen molar-refractivity contribution in [2.75, 3.05) is 26.2 Å². The van der Waals surface area contributed by atoms with E-state index in [4.69, 9.17) is 10.2 Å². The maximum atomic E-state index is 12.0. The van der Waals surface area contributed by atoms with Crippen LogP contribution in [-0.4, -0.2) is 64.3 Å². The van der Waals surface area contributed by atoms with E-state index in [2.05, 4.69) is 6.58 Å². The fourth-order valence-corrected chi connectivity index (χ4v) is 1.39. The van der Waals surface area contributed by atoms with Crippen molar-refractivity contribution in [3.05, 3.63) is 12.7 Å². The van der Waals surface area contributed by atoms with Gasteiger partial charge in [-0.15, -0.1) is 6.58 Å². The number of aliphatic hydroxyl groups excluding tert-OH is 1. The van der Waals surface area contributed by atoms with Gasteiger partial charge in [0, 0.05) is 19.1 Å². The molecule has 0 heterocycles. The second-order valence-electron chi connectivity index (χ2n) is 3.86. The van der Waals surface area contributed by atoms with Crippen LogP contribution < -0.4 is 0 Å². The van der Waals surface area contributed by atoms with Crippen molar-refractivity contribution in [1.82, 2.24) is 9.80 Å². The molecule has 0 aliphatic rings. The summed E-state index contributed by atoms with van der Waals surface area (Å²) in [6, 6.07) is -0.507. The highest BCUT2D eigenvalue weighted by Gasteiger charge is 2.23. The molecule has 0 spiro atoms. The van der Waals surface area contributed by atoms with Gasteiger partial charge in [0.25, 0.3) is 0 Å². The zero-order valence-corrected chi connectivity index (χ0v) is 10.3. The number of carbonyl (C=O) groups excluding carboxylic acids is 1. The number of carboxylic acids is 1. The molecule has 0 bridgehead atoms. The first kappa shape index (κ1) is 15.4. The molecule has 0 saturated heterocycles. The SMILES string of the molecule is C=CCN(CC(=O)O)C(=O)N(CCO)C(C)C. The number of rotatable bonds is 7.